The van der Waals surface area contributed by atoms with E-state index in [0.717, 1.165) is 15.9 Å². The highest BCUT2D eigenvalue weighted by Gasteiger charge is 2.00. The van der Waals surface area contributed by atoms with Crippen LogP contribution in [0.3, 0.4) is 0 Å². The number of anilines is 1. The van der Waals surface area contributed by atoms with Crippen molar-refractivity contribution in [2.45, 2.75) is 0 Å². The number of hydrazine groups is 1. The molecule has 0 aliphatic heterocycles. The number of nitrogen functional groups attached to an aromatic ring is 1. The number of aromatic nitrogens is 1. The van der Waals surface area contributed by atoms with Crippen molar-refractivity contribution < 1.29 is 0 Å². The van der Waals surface area contributed by atoms with Gasteiger partial charge in [0.2, 0.25) is 0 Å². The first-order chi connectivity index (χ1) is 5.42. The summed E-state index contributed by atoms with van der Waals surface area (Å²) in [5.41, 5.74) is 3.56. The fourth-order valence-corrected chi connectivity index (χ4v) is 1.83. The molecule has 0 unspecified atom stereocenters. The van der Waals surface area contributed by atoms with Gasteiger partial charge in [0.15, 0.2) is 0 Å². The van der Waals surface area contributed by atoms with Crippen LogP contribution in [0.4, 0.5) is 5.69 Å². The van der Waals surface area contributed by atoms with Crippen LogP contribution in [-0.2, 0) is 0 Å². The molecule has 2 aromatic heterocycles. The van der Waals surface area contributed by atoms with Gasteiger partial charge in [0.1, 0.15) is 4.83 Å². The number of nitrogens with two attached hydrogens (primary N) is 1. The van der Waals surface area contributed by atoms with Gasteiger partial charge in [-0.15, -0.1) is 11.3 Å². The van der Waals surface area contributed by atoms with Crippen LogP contribution >= 0.6 is 11.3 Å². The maximum atomic E-state index is 5.29. The van der Waals surface area contributed by atoms with E-state index < -0.39 is 0 Å². The fourth-order valence-electron chi connectivity index (χ4n) is 0.980. The summed E-state index contributed by atoms with van der Waals surface area (Å²) in [4.78, 5) is 5.19. The Hall–Kier alpha value is -1.13. The summed E-state index contributed by atoms with van der Waals surface area (Å²) in [6, 6.07) is 3.89. The van der Waals surface area contributed by atoms with Crippen molar-refractivity contribution in [3.8, 4) is 0 Å². The first-order valence-corrected chi connectivity index (χ1v) is 4.08. The third-order valence-corrected chi connectivity index (χ3v) is 2.41. The Morgan fingerprint density at radius 2 is 2.45 bits per heavy atom. The normalized spacial score (nSPS) is 10.3. The van der Waals surface area contributed by atoms with Crippen molar-refractivity contribution in [1.29, 1.82) is 0 Å². The lowest BCUT2D eigenvalue weighted by molar-refractivity contribution is 1.37. The van der Waals surface area contributed by atoms with E-state index in [1.165, 1.54) is 0 Å². The minimum absolute atomic E-state index is 0.943. The molecular formula is C7H7N3S. The standard InChI is InChI=1S/C7H7N3S/c8-10-6-4-11-7-5(6)2-1-3-9-7/h1-4,10H,8H2. The average molecular weight is 165 g/mol. The van der Waals surface area contributed by atoms with Gasteiger partial charge in [-0.05, 0) is 12.1 Å². The number of hydrogen-bond acceptors (Lipinski definition) is 4. The Labute approximate surface area is 67.8 Å². The van der Waals surface area contributed by atoms with E-state index in [4.69, 9.17) is 5.84 Å². The molecule has 2 aromatic rings. The Balaban J connectivity index is 2.76. The van der Waals surface area contributed by atoms with E-state index in [2.05, 4.69) is 10.4 Å². The third kappa shape index (κ3) is 0.961. The molecule has 2 heterocycles. The molecule has 11 heavy (non-hydrogen) atoms. The molecule has 2 rings (SSSR count). The first kappa shape index (κ1) is 6.57. The molecule has 0 amide bonds. The van der Waals surface area contributed by atoms with E-state index in [1.54, 1.807) is 17.5 Å². The summed E-state index contributed by atoms with van der Waals surface area (Å²) in [7, 11) is 0. The van der Waals surface area contributed by atoms with Gasteiger partial charge in [0.05, 0.1) is 5.69 Å². The number of thiophene rings is 1. The lowest BCUT2D eigenvalue weighted by Crippen LogP contribution is -2.05. The summed E-state index contributed by atoms with van der Waals surface area (Å²) in [6.07, 6.45) is 1.78. The predicted octanol–water partition coefficient (Wildman–Crippen LogP) is 1.58. The van der Waals surface area contributed by atoms with Crippen LogP contribution in [0.1, 0.15) is 0 Å². The van der Waals surface area contributed by atoms with E-state index >= 15 is 0 Å². The first-order valence-electron chi connectivity index (χ1n) is 3.20. The molecule has 0 spiro atoms. The summed E-state index contributed by atoms with van der Waals surface area (Å²) in [5.74, 6) is 5.29. The van der Waals surface area contributed by atoms with E-state index in [9.17, 15) is 0 Å². The van der Waals surface area contributed by atoms with Crippen molar-refractivity contribution in [1.82, 2.24) is 4.98 Å². The summed E-state index contributed by atoms with van der Waals surface area (Å²) in [5, 5.41) is 3.04. The smallest absolute Gasteiger partial charge is 0.125 e. The molecule has 0 radical (unpaired) electrons. The van der Waals surface area contributed by atoms with Crippen LogP contribution in [0.5, 0.6) is 0 Å². The SMILES string of the molecule is NNc1csc2ncccc12. The zero-order valence-electron chi connectivity index (χ0n) is 5.74. The monoisotopic (exact) mass is 165 g/mol. The van der Waals surface area contributed by atoms with Gasteiger partial charge < -0.3 is 5.43 Å². The molecule has 4 heteroatoms. The second-order valence-electron chi connectivity index (χ2n) is 2.15. The summed E-state index contributed by atoms with van der Waals surface area (Å²) in [6.45, 7) is 0. The molecule has 3 nitrogen and oxygen atoms in total. The van der Waals surface area contributed by atoms with Crippen molar-refractivity contribution in [2.75, 3.05) is 5.43 Å². The van der Waals surface area contributed by atoms with Crippen LogP contribution in [0.15, 0.2) is 23.7 Å². The van der Waals surface area contributed by atoms with Crippen LogP contribution in [0.25, 0.3) is 10.2 Å². The topological polar surface area (TPSA) is 50.9 Å². The molecule has 3 N–H and O–H groups in total. The molecule has 0 aromatic carbocycles. The molecule has 0 saturated carbocycles. The zero-order chi connectivity index (χ0) is 7.68. The number of hydrogen-bond donors (Lipinski definition) is 2. The number of fused-ring (bicyclic) bond motifs is 1. The number of nitrogens with zero attached hydrogens (tertiary/aromatic N) is 1. The molecule has 0 fully saturated rings. The third-order valence-electron chi connectivity index (χ3n) is 1.51. The van der Waals surface area contributed by atoms with Gasteiger partial charge in [-0.1, -0.05) is 0 Å². The second kappa shape index (κ2) is 2.48. The van der Waals surface area contributed by atoms with Crippen LogP contribution in [0, 0.1) is 0 Å². The van der Waals surface area contributed by atoms with Crippen molar-refractivity contribution in [2.24, 2.45) is 5.84 Å². The molecule has 0 saturated heterocycles. The molecule has 0 aliphatic rings. The van der Waals surface area contributed by atoms with E-state index in [0.29, 0.717) is 0 Å². The zero-order valence-corrected chi connectivity index (χ0v) is 6.56. The highest BCUT2D eigenvalue weighted by Crippen LogP contribution is 2.26. The number of nitrogens with one attached hydrogen (secondary N) is 1. The lowest BCUT2D eigenvalue weighted by Gasteiger charge is -1.93. The van der Waals surface area contributed by atoms with Crippen molar-refractivity contribution >= 4 is 27.2 Å². The number of rotatable bonds is 1. The second-order valence-corrected chi connectivity index (χ2v) is 3.01. The number of pyridine rings is 1. The van der Waals surface area contributed by atoms with Gasteiger partial charge >= 0.3 is 0 Å². The fraction of sp³-hybridized carbons (Fsp3) is 0. The minimum atomic E-state index is 0.943. The molecular weight excluding hydrogens is 158 g/mol. The van der Waals surface area contributed by atoms with Gasteiger partial charge in [-0.2, -0.15) is 0 Å². The molecule has 0 atom stereocenters. The van der Waals surface area contributed by atoms with Gasteiger partial charge in [0.25, 0.3) is 0 Å². The Kier molecular flexibility index (Phi) is 1.48. The molecule has 0 bridgehead atoms. The van der Waals surface area contributed by atoms with Crippen LogP contribution in [0.2, 0.25) is 0 Å². The van der Waals surface area contributed by atoms with Gasteiger partial charge in [-0.25, -0.2) is 4.98 Å². The quantitative estimate of drug-likeness (QED) is 0.498. The van der Waals surface area contributed by atoms with Gasteiger partial charge in [0, 0.05) is 17.0 Å². The Bertz CT molecular complexity index is 368. The largest absolute Gasteiger partial charge is 0.323 e. The maximum absolute atomic E-state index is 5.29. The van der Waals surface area contributed by atoms with E-state index in [1.807, 2.05) is 17.5 Å². The summed E-state index contributed by atoms with van der Waals surface area (Å²) >= 11 is 1.58. The summed E-state index contributed by atoms with van der Waals surface area (Å²) < 4.78 is 0. The molecule has 56 valence electrons. The van der Waals surface area contributed by atoms with Crippen LogP contribution < -0.4 is 11.3 Å². The lowest BCUT2D eigenvalue weighted by atomic mass is 10.3. The molecule has 0 aliphatic carbocycles. The minimum Gasteiger partial charge on any atom is -0.323 e. The highest BCUT2D eigenvalue weighted by molar-refractivity contribution is 7.17. The van der Waals surface area contributed by atoms with E-state index in [-0.39, 0.29) is 0 Å². The Morgan fingerprint density at radius 1 is 1.55 bits per heavy atom. The Morgan fingerprint density at radius 3 is 3.27 bits per heavy atom. The predicted molar refractivity (Wildman–Crippen MR) is 47.4 cm³/mol. The van der Waals surface area contributed by atoms with Gasteiger partial charge in [-0.3, -0.25) is 5.84 Å². The van der Waals surface area contributed by atoms with Crippen molar-refractivity contribution in [3.05, 3.63) is 23.7 Å². The van der Waals surface area contributed by atoms with Crippen molar-refractivity contribution in [3.63, 3.8) is 0 Å². The average Bonchev–Trinajstić information content (AvgIpc) is 2.47. The van der Waals surface area contributed by atoms with Crippen LogP contribution in [-0.4, -0.2) is 4.98 Å². The highest BCUT2D eigenvalue weighted by atomic mass is 32.1. The maximum Gasteiger partial charge on any atom is 0.125 e.